The number of piperidine rings is 1. The van der Waals surface area contributed by atoms with E-state index in [1.807, 2.05) is 13.8 Å². The molecule has 1 aliphatic rings. The van der Waals surface area contributed by atoms with Crippen LogP contribution in [0.25, 0.3) is 0 Å². The van der Waals surface area contributed by atoms with Crippen molar-refractivity contribution in [3.8, 4) is 0 Å². The topological polar surface area (TPSA) is 55.1 Å². The predicted octanol–water partition coefficient (Wildman–Crippen LogP) is 3.12. The molecule has 0 radical (unpaired) electrons. The first kappa shape index (κ1) is 14.2. The van der Waals surface area contributed by atoms with E-state index in [4.69, 9.17) is 4.52 Å². The summed E-state index contributed by atoms with van der Waals surface area (Å²) in [6.07, 6.45) is 3.52. The highest BCUT2D eigenvalue weighted by atomic mass is 16.5. The molecule has 3 heterocycles. The van der Waals surface area contributed by atoms with Gasteiger partial charge in [-0.2, -0.15) is 4.98 Å². The number of hydrogen-bond donors (Lipinski definition) is 0. The highest BCUT2D eigenvalue weighted by Crippen LogP contribution is 2.30. The lowest BCUT2D eigenvalue weighted by Gasteiger charge is -2.33. The number of nitrogens with zero attached hydrogens (tertiary/aromatic N) is 4. The molecule has 2 aromatic rings. The number of aromatic nitrogens is 3. The molecular formula is C16H22N4O. The number of aryl methyl sites for hydroxylation is 3. The summed E-state index contributed by atoms with van der Waals surface area (Å²) in [7, 11) is 0. The molecule has 1 saturated heterocycles. The molecule has 112 valence electrons. The molecule has 0 aliphatic carbocycles. The van der Waals surface area contributed by atoms with Gasteiger partial charge in [0, 0.05) is 19.2 Å². The molecule has 1 unspecified atom stereocenters. The van der Waals surface area contributed by atoms with E-state index in [-0.39, 0.29) is 6.04 Å². The third-order valence-electron chi connectivity index (χ3n) is 3.97. The first-order valence-corrected chi connectivity index (χ1v) is 7.60. The minimum atomic E-state index is 0.249. The summed E-state index contributed by atoms with van der Waals surface area (Å²) >= 11 is 0. The maximum absolute atomic E-state index is 5.15. The third-order valence-corrected chi connectivity index (χ3v) is 3.97. The van der Waals surface area contributed by atoms with Crippen LogP contribution in [0, 0.1) is 20.8 Å². The van der Waals surface area contributed by atoms with E-state index in [0.29, 0.717) is 5.89 Å². The highest BCUT2D eigenvalue weighted by molar-refractivity contribution is 5.19. The second-order valence-corrected chi connectivity index (χ2v) is 5.93. The Morgan fingerprint density at radius 2 is 2.05 bits per heavy atom. The first-order chi connectivity index (χ1) is 10.1. The summed E-state index contributed by atoms with van der Waals surface area (Å²) in [5.41, 5.74) is 3.47. The van der Waals surface area contributed by atoms with Gasteiger partial charge < -0.3 is 4.52 Å². The van der Waals surface area contributed by atoms with Crippen LogP contribution in [0.1, 0.15) is 54.0 Å². The van der Waals surface area contributed by atoms with Crippen LogP contribution in [0.3, 0.4) is 0 Å². The van der Waals surface area contributed by atoms with Gasteiger partial charge in [-0.1, -0.05) is 11.6 Å². The van der Waals surface area contributed by atoms with Crippen LogP contribution in [-0.4, -0.2) is 26.6 Å². The Morgan fingerprint density at radius 3 is 2.76 bits per heavy atom. The van der Waals surface area contributed by atoms with Crippen molar-refractivity contribution in [3.05, 3.63) is 40.8 Å². The molecule has 0 bridgehead atoms. The van der Waals surface area contributed by atoms with Crippen LogP contribution >= 0.6 is 0 Å². The Labute approximate surface area is 125 Å². The number of rotatable bonds is 3. The largest absolute Gasteiger partial charge is 0.340 e. The van der Waals surface area contributed by atoms with E-state index < -0.39 is 0 Å². The highest BCUT2D eigenvalue weighted by Gasteiger charge is 2.28. The van der Waals surface area contributed by atoms with Gasteiger partial charge in [0.05, 0.1) is 11.7 Å². The molecule has 2 aromatic heterocycles. The van der Waals surface area contributed by atoms with Crippen molar-refractivity contribution in [1.82, 2.24) is 20.0 Å². The molecule has 1 fully saturated rings. The number of pyridine rings is 1. The zero-order chi connectivity index (χ0) is 14.8. The van der Waals surface area contributed by atoms with Crippen LogP contribution < -0.4 is 0 Å². The molecule has 1 atom stereocenters. The van der Waals surface area contributed by atoms with Gasteiger partial charge in [-0.25, -0.2) is 0 Å². The normalized spacial score (nSPS) is 19.9. The van der Waals surface area contributed by atoms with Gasteiger partial charge in [-0.3, -0.25) is 9.88 Å². The van der Waals surface area contributed by atoms with Gasteiger partial charge >= 0.3 is 0 Å². The van der Waals surface area contributed by atoms with Crippen molar-refractivity contribution in [2.75, 3.05) is 6.54 Å². The van der Waals surface area contributed by atoms with Gasteiger partial charge in [-0.15, -0.1) is 0 Å². The molecule has 0 spiro atoms. The lowest BCUT2D eigenvalue weighted by Crippen LogP contribution is -2.33. The van der Waals surface area contributed by atoms with Crippen molar-refractivity contribution in [2.45, 2.75) is 52.6 Å². The summed E-state index contributed by atoms with van der Waals surface area (Å²) < 4.78 is 5.15. The van der Waals surface area contributed by atoms with Crippen molar-refractivity contribution < 1.29 is 4.52 Å². The van der Waals surface area contributed by atoms with Crippen molar-refractivity contribution in [1.29, 1.82) is 0 Å². The Balaban J connectivity index is 1.81. The van der Waals surface area contributed by atoms with Gasteiger partial charge in [-0.05, 0) is 50.9 Å². The molecule has 5 nitrogen and oxygen atoms in total. The van der Waals surface area contributed by atoms with Crippen molar-refractivity contribution >= 4 is 0 Å². The van der Waals surface area contributed by atoms with Crippen molar-refractivity contribution in [2.24, 2.45) is 0 Å². The molecule has 0 saturated carbocycles. The molecule has 5 heteroatoms. The Bertz CT molecular complexity index is 602. The van der Waals surface area contributed by atoms with Gasteiger partial charge in [0.2, 0.25) is 5.89 Å². The SMILES string of the molecule is Cc1cc(C)nc(CN2CCCCC2c2noc(C)n2)c1. The van der Waals surface area contributed by atoms with Crippen LogP contribution in [-0.2, 0) is 6.54 Å². The standard InChI is InChI=1S/C16H22N4O/c1-11-8-12(2)17-14(9-11)10-20-7-5-4-6-15(20)16-18-13(3)21-19-16/h8-9,15H,4-7,10H2,1-3H3. The zero-order valence-corrected chi connectivity index (χ0v) is 13.0. The van der Waals surface area contributed by atoms with E-state index in [1.54, 1.807) is 0 Å². The second-order valence-electron chi connectivity index (χ2n) is 5.93. The van der Waals surface area contributed by atoms with Gasteiger partial charge in [0.1, 0.15) is 0 Å². The number of likely N-dealkylation sites (tertiary alicyclic amines) is 1. The third kappa shape index (κ3) is 3.29. The first-order valence-electron chi connectivity index (χ1n) is 7.60. The Kier molecular flexibility index (Phi) is 4.01. The molecule has 0 amide bonds. The Hall–Kier alpha value is -1.75. The fraction of sp³-hybridized carbons (Fsp3) is 0.562. The maximum Gasteiger partial charge on any atom is 0.223 e. The van der Waals surface area contributed by atoms with Gasteiger partial charge in [0.25, 0.3) is 0 Å². The Morgan fingerprint density at radius 1 is 1.19 bits per heavy atom. The number of hydrogen-bond acceptors (Lipinski definition) is 5. The van der Waals surface area contributed by atoms with Crippen molar-refractivity contribution in [3.63, 3.8) is 0 Å². The van der Waals surface area contributed by atoms with Crippen LogP contribution in [0.4, 0.5) is 0 Å². The van der Waals surface area contributed by atoms with E-state index in [9.17, 15) is 0 Å². The maximum atomic E-state index is 5.15. The lowest BCUT2D eigenvalue weighted by molar-refractivity contribution is 0.129. The van der Waals surface area contributed by atoms with E-state index in [1.165, 1.54) is 18.4 Å². The summed E-state index contributed by atoms with van der Waals surface area (Å²) in [5.74, 6) is 1.46. The molecule has 0 N–H and O–H groups in total. The van der Waals surface area contributed by atoms with Gasteiger partial charge in [0.15, 0.2) is 5.82 Å². The average molecular weight is 286 g/mol. The predicted molar refractivity (Wildman–Crippen MR) is 79.7 cm³/mol. The second kappa shape index (κ2) is 5.93. The molecule has 0 aromatic carbocycles. The van der Waals surface area contributed by atoms with E-state index >= 15 is 0 Å². The minimum Gasteiger partial charge on any atom is -0.340 e. The molecule has 1 aliphatic heterocycles. The lowest BCUT2D eigenvalue weighted by atomic mass is 10.0. The summed E-state index contributed by atoms with van der Waals surface area (Å²) in [4.78, 5) is 11.5. The summed E-state index contributed by atoms with van der Waals surface area (Å²) in [5, 5.41) is 4.12. The fourth-order valence-electron chi connectivity index (χ4n) is 3.14. The summed E-state index contributed by atoms with van der Waals surface area (Å²) in [6.45, 7) is 7.92. The van der Waals surface area contributed by atoms with E-state index in [2.05, 4.69) is 39.1 Å². The van der Waals surface area contributed by atoms with Crippen LogP contribution in [0.2, 0.25) is 0 Å². The van der Waals surface area contributed by atoms with Crippen LogP contribution in [0.5, 0.6) is 0 Å². The monoisotopic (exact) mass is 286 g/mol. The fourth-order valence-corrected chi connectivity index (χ4v) is 3.14. The smallest absolute Gasteiger partial charge is 0.223 e. The van der Waals surface area contributed by atoms with Crippen LogP contribution in [0.15, 0.2) is 16.7 Å². The molecule has 21 heavy (non-hydrogen) atoms. The minimum absolute atomic E-state index is 0.249. The van der Waals surface area contributed by atoms with E-state index in [0.717, 1.165) is 36.7 Å². The zero-order valence-electron chi connectivity index (χ0n) is 13.0. The quantitative estimate of drug-likeness (QED) is 0.867. The molecular weight excluding hydrogens is 264 g/mol. The average Bonchev–Trinajstić information content (AvgIpc) is 2.85. The molecule has 3 rings (SSSR count). The summed E-state index contributed by atoms with van der Waals surface area (Å²) in [6, 6.07) is 4.53.